The highest BCUT2D eigenvalue weighted by Crippen LogP contribution is 1.94. The summed E-state index contributed by atoms with van der Waals surface area (Å²) in [5, 5.41) is 0. The molecule has 0 radical (unpaired) electrons. The number of hydrogen-bond acceptors (Lipinski definition) is 4. The van der Waals surface area contributed by atoms with Crippen LogP contribution < -0.4 is 16.6 Å². The lowest BCUT2D eigenvalue weighted by molar-refractivity contribution is -0.121. The molecule has 0 unspecified atom stereocenters. The number of aromatic nitrogens is 1. The van der Waals surface area contributed by atoms with Crippen molar-refractivity contribution in [2.24, 2.45) is 5.73 Å². The van der Waals surface area contributed by atoms with Crippen LogP contribution in [0.4, 0.5) is 0 Å². The van der Waals surface area contributed by atoms with Crippen molar-refractivity contribution in [2.75, 3.05) is 6.54 Å². The van der Waals surface area contributed by atoms with Crippen LogP contribution in [0.15, 0.2) is 24.5 Å². The molecule has 4 N–H and O–H groups in total. The van der Waals surface area contributed by atoms with Crippen molar-refractivity contribution in [1.29, 1.82) is 0 Å². The molecular formula is C10H16Cl2N4O2. The minimum absolute atomic E-state index is 0. The summed E-state index contributed by atoms with van der Waals surface area (Å²) in [6.07, 6.45) is 3.90. The Labute approximate surface area is 118 Å². The monoisotopic (exact) mass is 294 g/mol. The van der Waals surface area contributed by atoms with Gasteiger partial charge in [-0.3, -0.25) is 25.4 Å². The number of pyridine rings is 1. The predicted octanol–water partition coefficient (Wildman–Crippen LogP) is 0.425. The molecule has 18 heavy (non-hydrogen) atoms. The van der Waals surface area contributed by atoms with Crippen LogP contribution in [0.1, 0.15) is 23.2 Å². The molecule has 1 aromatic rings. The lowest BCUT2D eigenvalue weighted by atomic mass is 10.2. The van der Waals surface area contributed by atoms with E-state index in [1.807, 2.05) is 0 Å². The Morgan fingerprint density at radius 2 is 1.78 bits per heavy atom. The van der Waals surface area contributed by atoms with Gasteiger partial charge in [0, 0.05) is 24.4 Å². The lowest BCUT2D eigenvalue weighted by Crippen LogP contribution is -2.41. The Morgan fingerprint density at radius 3 is 2.33 bits per heavy atom. The van der Waals surface area contributed by atoms with Gasteiger partial charge in [0.05, 0.1) is 0 Å². The van der Waals surface area contributed by atoms with E-state index in [4.69, 9.17) is 5.73 Å². The van der Waals surface area contributed by atoms with E-state index in [1.54, 1.807) is 12.1 Å². The Hall–Kier alpha value is -1.37. The van der Waals surface area contributed by atoms with Gasteiger partial charge < -0.3 is 5.73 Å². The summed E-state index contributed by atoms with van der Waals surface area (Å²) >= 11 is 0. The van der Waals surface area contributed by atoms with E-state index in [0.717, 1.165) is 0 Å². The van der Waals surface area contributed by atoms with E-state index in [2.05, 4.69) is 15.8 Å². The van der Waals surface area contributed by atoms with Crippen LogP contribution in [0.5, 0.6) is 0 Å². The first kappa shape index (κ1) is 19.0. The molecule has 1 aromatic heterocycles. The first-order chi connectivity index (χ1) is 7.74. The molecule has 8 heteroatoms. The molecule has 0 aliphatic heterocycles. The van der Waals surface area contributed by atoms with E-state index in [9.17, 15) is 9.59 Å². The maximum absolute atomic E-state index is 11.4. The molecule has 0 spiro atoms. The third-order valence-electron chi connectivity index (χ3n) is 1.87. The first-order valence-corrected chi connectivity index (χ1v) is 4.93. The average molecular weight is 295 g/mol. The zero-order valence-corrected chi connectivity index (χ0v) is 11.2. The van der Waals surface area contributed by atoms with Gasteiger partial charge in [-0.1, -0.05) is 0 Å². The van der Waals surface area contributed by atoms with Crippen molar-refractivity contribution in [1.82, 2.24) is 15.8 Å². The van der Waals surface area contributed by atoms with Crippen molar-refractivity contribution in [3.63, 3.8) is 0 Å². The van der Waals surface area contributed by atoms with Gasteiger partial charge in [-0.15, -0.1) is 24.8 Å². The zero-order valence-electron chi connectivity index (χ0n) is 9.59. The fourth-order valence-electron chi connectivity index (χ4n) is 1.03. The van der Waals surface area contributed by atoms with Crippen molar-refractivity contribution < 1.29 is 9.59 Å². The number of nitrogens with zero attached hydrogens (tertiary/aromatic N) is 1. The summed E-state index contributed by atoms with van der Waals surface area (Å²) in [7, 11) is 0. The Kier molecular flexibility index (Phi) is 11.3. The number of nitrogens with one attached hydrogen (secondary N) is 2. The average Bonchev–Trinajstić information content (AvgIpc) is 2.34. The Balaban J connectivity index is 0. The predicted molar refractivity (Wildman–Crippen MR) is 72.6 cm³/mol. The van der Waals surface area contributed by atoms with E-state index in [1.165, 1.54) is 12.4 Å². The van der Waals surface area contributed by atoms with Crippen LogP contribution in [-0.2, 0) is 4.79 Å². The molecule has 0 bridgehead atoms. The normalized spacial score (nSPS) is 8.50. The number of hydrogen-bond donors (Lipinski definition) is 3. The number of amides is 2. The molecule has 0 aliphatic rings. The Morgan fingerprint density at radius 1 is 1.17 bits per heavy atom. The van der Waals surface area contributed by atoms with Gasteiger partial charge in [-0.05, 0) is 25.1 Å². The van der Waals surface area contributed by atoms with Gasteiger partial charge in [0.1, 0.15) is 0 Å². The second-order valence-corrected chi connectivity index (χ2v) is 3.13. The minimum Gasteiger partial charge on any atom is -0.330 e. The van der Waals surface area contributed by atoms with Crippen LogP contribution in [0, 0.1) is 0 Å². The summed E-state index contributed by atoms with van der Waals surface area (Å²) in [4.78, 5) is 26.4. The van der Waals surface area contributed by atoms with Crippen LogP contribution in [0.2, 0.25) is 0 Å². The fourth-order valence-corrected chi connectivity index (χ4v) is 1.03. The van der Waals surface area contributed by atoms with Gasteiger partial charge in [0.15, 0.2) is 0 Å². The fraction of sp³-hybridized carbons (Fsp3) is 0.300. The Bertz CT molecular complexity index is 362. The second-order valence-electron chi connectivity index (χ2n) is 3.13. The van der Waals surface area contributed by atoms with Gasteiger partial charge in [0.25, 0.3) is 5.91 Å². The maximum Gasteiger partial charge on any atom is 0.269 e. The molecule has 0 aromatic carbocycles. The standard InChI is InChI=1S/C10H14N4O2.2ClH/c11-5-1-2-9(15)13-14-10(16)8-3-6-12-7-4-8;;/h3-4,6-7H,1-2,5,11H2,(H,13,15)(H,14,16);2*1H. The molecule has 6 nitrogen and oxygen atoms in total. The summed E-state index contributed by atoms with van der Waals surface area (Å²) in [6, 6.07) is 3.11. The number of halogens is 2. The summed E-state index contributed by atoms with van der Waals surface area (Å²) in [6.45, 7) is 0.450. The molecule has 0 fully saturated rings. The van der Waals surface area contributed by atoms with E-state index < -0.39 is 0 Å². The van der Waals surface area contributed by atoms with Gasteiger partial charge >= 0.3 is 0 Å². The van der Waals surface area contributed by atoms with Crippen molar-refractivity contribution >= 4 is 36.6 Å². The third-order valence-corrected chi connectivity index (χ3v) is 1.87. The largest absolute Gasteiger partial charge is 0.330 e. The quantitative estimate of drug-likeness (QED) is 0.701. The highest BCUT2D eigenvalue weighted by molar-refractivity contribution is 5.95. The summed E-state index contributed by atoms with van der Waals surface area (Å²) in [5.74, 6) is -0.628. The first-order valence-electron chi connectivity index (χ1n) is 4.93. The van der Waals surface area contributed by atoms with Gasteiger partial charge in [0.2, 0.25) is 5.91 Å². The van der Waals surface area contributed by atoms with Crippen LogP contribution in [0.25, 0.3) is 0 Å². The van der Waals surface area contributed by atoms with Crippen molar-refractivity contribution in [3.8, 4) is 0 Å². The highest BCUT2D eigenvalue weighted by Gasteiger charge is 2.05. The zero-order chi connectivity index (χ0) is 11.8. The number of carbonyl (C=O) groups is 2. The molecule has 1 rings (SSSR count). The van der Waals surface area contributed by atoms with Crippen molar-refractivity contribution in [2.45, 2.75) is 12.8 Å². The van der Waals surface area contributed by atoms with Gasteiger partial charge in [-0.2, -0.15) is 0 Å². The SMILES string of the molecule is Cl.Cl.NCCCC(=O)NNC(=O)c1ccncc1. The molecule has 102 valence electrons. The molecule has 0 saturated heterocycles. The molecule has 0 aliphatic carbocycles. The summed E-state index contributed by atoms with van der Waals surface area (Å²) in [5.41, 5.74) is 10.3. The third kappa shape index (κ3) is 7.05. The second kappa shape index (κ2) is 10.8. The number of carbonyl (C=O) groups excluding carboxylic acids is 2. The smallest absolute Gasteiger partial charge is 0.269 e. The number of nitrogens with two attached hydrogens (primary N) is 1. The minimum atomic E-state index is -0.372. The highest BCUT2D eigenvalue weighted by atomic mass is 35.5. The van der Waals surface area contributed by atoms with E-state index >= 15 is 0 Å². The van der Waals surface area contributed by atoms with E-state index in [0.29, 0.717) is 24.9 Å². The van der Waals surface area contributed by atoms with Crippen LogP contribution in [-0.4, -0.2) is 23.3 Å². The molecule has 1 heterocycles. The van der Waals surface area contributed by atoms with E-state index in [-0.39, 0.29) is 36.6 Å². The topological polar surface area (TPSA) is 97.1 Å². The van der Waals surface area contributed by atoms with Crippen LogP contribution in [0.3, 0.4) is 0 Å². The number of hydrazine groups is 1. The van der Waals surface area contributed by atoms with Crippen molar-refractivity contribution in [3.05, 3.63) is 30.1 Å². The van der Waals surface area contributed by atoms with Crippen LogP contribution >= 0.6 is 24.8 Å². The van der Waals surface area contributed by atoms with Gasteiger partial charge in [-0.25, -0.2) is 0 Å². The molecular weight excluding hydrogens is 279 g/mol. The molecule has 2 amide bonds. The maximum atomic E-state index is 11.4. The molecule has 0 saturated carbocycles. The lowest BCUT2D eigenvalue weighted by Gasteiger charge is -2.06. The summed E-state index contributed by atoms with van der Waals surface area (Å²) < 4.78 is 0. The number of rotatable bonds is 4. The molecule has 0 atom stereocenters.